The van der Waals surface area contributed by atoms with E-state index in [1.165, 1.54) is 12.8 Å². The van der Waals surface area contributed by atoms with Gasteiger partial charge in [0.1, 0.15) is 0 Å². The minimum Gasteiger partial charge on any atom is -0.396 e. The highest BCUT2D eigenvalue weighted by Crippen LogP contribution is 2.35. The number of rotatable bonds is 4. The summed E-state index contributed by atoms with van der Waals surface area (Å²) in [5, 5.41) is 9.01. The predicted molar refractivity (Wildman–Crippen MR) is 57.0 cm³/mol. The second-order valence-corrected chi connectivity index (χ2v) is 5.08. The molecule has 82 valence electrons. The maximum Gasteiger partial charge on any atom is 0.0460 e. The Kier molecular flexibility index (Phi) is 3.10. The topological polar surface area (TPSA) is 49.5 Å². The molecule has 3 heteroatoms. The van der Waals surface area contributed by atoms with Gasteiger partial charge in [-0.2, -0.15) is 0 Å². The molecule has 1 aliphatic heterocycles. The van der Waals surface area contributed by atoms with Crippen LogP contribution in [0.5, 0.6) is 0 Å². The number of hydrogen-bond donors (Lipinski definition) is 2. The second-order valence-electron chi connectivity index (χ2n) is 5.08. The van der Waals surface area contributed by atoms with E-state index >= 15 is 0 Å². The van der Waals surface area contributed by atoms with Gasteiger partial charge in [-0.3, -0.25) is 0 Å². The third kappa shape index (κ3) is 2.69. The standard InChI is InChI=1S/C11H22N2O/c12-11(3-4-11)5-8-13-6-1-10(9-14)2-7-13/h10,14H,1-9,12H2. The van der Waals surface area contributed by atoms with Crippen LogP contribution in [0.1, 0.15) is 32.1 Å². The van der Waals surface area contributed by atoms with E-state index < -0.39 is 0 Å². The zero-order chi connectivity index (χ0) is 10.0. The van der Waals surface area contributed by atoms with Crippen molar-refractivity contribution in [1.29, 1.82) is 0 Å². The van der Waals surface area contributed by atoms with Crippen LogP contribution >= 0.6 is 0 Å². The van der Waals surface area contributed by atoms with Gasteiger partial charge in [0.25, 0.3) is 0 Å². The van der Waals surface area contributed by atoms with Crippen molar-refractivity contribution in [1.82, 2.24) is 4.90 Å². The monoisotopic (exact) mass is 198 g/mol. The van der Waals surface area contributed by atoms with Gasteiger partial charge in [0.05, 0.1) is 0 Å². The van der Waals surface area contributed by atoms with Gasteiger partial charge in [0.2, 0.25) is 0 Å². The summed E-state index contributed by atoms with van der Waals surface area (Å²) in [4.78, 5) is 2.50. The fraction of sp³-hybridized carbons (Fsp3) is 1.00. The Labute approximate surface area is 86.3 Å². The minimum atomic E-state index is 0.202. The van der Waals surface area contributed by atoms with E-state index in [-0.39, 0.29) is 5.54 Å². The van der Waals surface area contributed by atoms with Gasteiger partial charge >= 0.3 is 0 Å². The normalized spacial score (nSPS) is 27.9. The van der Waals surface area contributed by atoms with Crippen molar-refractivity contribution in [2.45, 2.75) is 37.6 Å². The Morgan fingerprint density at radius 1 is 1.29 bits per heavy atom. The molecule has 2 fully saturated rings. The lowest BCUT2D eigenvalue weighted by atomic mass is 9.97. The minimum absolute atomic E-state index is 0.202. The lowest BCUT2D eigenvalue weighted by molar-refractivity contribution is 0.128. The molecule has 14 heavy (non-hydrogen) atoms. The summed E-state index contributed by atoms with van der Waals surface area (Å²) in [6, 6.07) is 0. The third-order valence-electron chi connectivity index (χ3n) is 3.78. The van der Waals surface area contributed by atoms with Gasteiger partial charge in [-0.25, -0.2) is 0 Å². The number of nitrogens with two attached hydrogens (primary N) is 1. The summed E-state index contributed by atoms with van der Waals surface area (Å²) in [6.45, 7) is 3.84. The van der Waals surface area contributed by atoms with E-state index in [0.29, 0.717) is 12.5 Å². The van der Waals surface area contributed by atoms with Crippen molar-refractivity contribution in [3.8, 4) is 0 Å². The zero-order valence-electron chi connectivity index (χ0n) is 8.91. The van der Waals surface area contributed by atoms with Crippen molar-refractivity contribution >= 4 is 0 Å². The van der Waals surface area contributed by atoms with Crippen LogP contribution in [0.2, 0.25) is 0 Å². The van der Waals surface area contributed by atoms with Crippen LogP contribution in [0.15, 0.2) is 0 Å². The van der Waals surface area contributed by atoms with Gasteiger partial charge in [0, 0.05) is 12.1 Å². The van der Waals surface area contributed by atoms with Crippen LogP contribution < -0.4 is 5.73 Å². The number of aliphatic hydroxyl groups excluding tert-OH is 1. The van der Waals surface area contributed by atoms with E-state index in [1.54, 1.807) is 0 Å². The van der Waals surface area contributed by atoms with Crippen LogP contribution in [0.4, 0.5) is 0 Å². The Morgan fingerprint density at radius 3 is 2.43 bits per heavy atom. The highest BCUT2D eigenvalue weighted by molar-refractivity contribution is 4.99. The third-order valence-corrected chi connectivity index (χ3v) is 3.78. The molecule has 1 heterocycles. The molecule has 1 saturated carbocycles. The van der Waals surface area contributed by atoms with E-state index in [9.17, 15) is 0 Å². The molecule has 1 aliphatic carbocycles. The summed E-state index contributed by atoms with van der Waals surface area (Å²) in [5.41, 5.74) is 6.25. The smallest absolute Gasteiger partial charge is 0.0460 e. The van der Waals surface area contributed by atoms with E-state index in [2.05, 4.69) is 4.90 Å². The molecule has 0 aromatic rings. The van der Waals surface area contributed by atoms with Crippen LogP contribution in [-0.2, 0) is 0 Å². The molecule has 0 amide bonds. The maximum atomic E-state index is 9.01. The number of aliphatic hydroxyl groups is 1. The van der Waals surface area contributed by atoms with Gasteiger partial charge in [0.15, 0.2) is 0 Å². The Balaban J connectivity index is 1.63. The Bertz CT molecular complexity index is 184. The number of likely N-dealkylation sites (tertiary alicyclic amines) is 1. The fourth-order valence-corrected chi connectivity index (χ4v) is 2.18. The Hall–Kier alpha value is -0.120. The Morgan fingerprint density at radius 2 is 1.93 bits per heavy atom. The average Bonchev–Trinajstić information content (AvgIpc) is 2.95. The highest BCUT2D eigenvalue weighted by atomic mass is 16.3. The van der Waals surface area contributed by atoms with Crippen molar-refractivity contribution in [2.24, 2.45) is 11.7 Å². The molecule has 0 atom stereocenters. The van der Waals surface area contributed by atoms with Crippen LogP contribution in [0.3, 0.4) is 0 Å². The first-order valence-electron chi connectivity index (χ1n) is 5.84. The first-order chi connectivity index (χ1) is 6.72. The summed E-state index contributed by atoms with van der Waals surface area (Å²) in [5.74, 6) is 0.555. The number of hydrogen-bond acceptors (Lipinski definition) is 3. The van der Waals surface area contributed by atoms with Gasteiger partial charge in [-0.1, -0.05) is 0 Å². The summed E-state index contributed by atoms with van der Waals surface area (Å²) in [7, 11) is 0. The lowest BCUT2D eigenvalue weighted by Gasteiger charge is -2.31. The molecule has 3 nitrogen and oxygen atoms in total. The maximum absolute atomic E-state index is 9.01. The molecule has 0 spiro atoms. The van der Waals surface area contributed by atoms with Crippen LogP contribution in [0, 0.1) is 5.92 Å². The van der Waals surface area contributed by atoms with E-state index in [4.69, 9.17) is 10.8 Å². The van der Waals surface area contributed by atoms with Crippen molar-refractivity contribution in [2.75, 3.05) is 26.2 Å². The summed E-state index contributed by atoms with van der Waals surface area (Å²) >= 11 is 0. The molecule has 3 N–H and O–H groups in total. The molecule has 2 aliphatic rings. The molecule has 0 aromatic heterocycles. The van der Waals surface area contributed by atoms with Crippen LogP contribution in [-0.4, -0.2) is 41.8 Å². The van der Waals surface area contributed by atoms with Crippen molar-refractivity contribution in [3.63, 3.8) is 0 Å². The largest absolute Gasteiger partial charge is 0.396 e. The highest BCUT2D eigenvalue weighted by Gasteiger charge is 2.37. The van der Waals surface area contributed by atoms with E-state index in [1.807, 2.05) is 0 Å². The first-order valence-corrected chi connectivity index (χ1v) is 5.84. The molecule has 0 aromatic carbocycles. The van der Waals surface area contributed by atoms with Gasteiger partial charge < -0.3 is 15.7 Å². The molecule has 2 rings (SSSR count). The predicted octanol–water partition coefficient (Wildman–Crippen LogP) is 0.572. The van der Waals surface area contributed by atoms with Crippen molar-refractivity contribution < 1.29 is 5.11 Å². The van der Waals surface area contributed by atoms with Crippen LogP contribution in [0.25, 0.3) is 0 Å². The second kappa shape index (κ2) is 4.17. The summed E-state index contributed by atoms with van der Waals surface area (Å²) in [6.07, 6.45) is 5.93. The molecule has 0 bridgehead atoms. The van der Waals surface area contributed by atoms with Gasteiger partial charge in [-0.05, 0) is 57.7 Å². The average molecular weight is 198 g/mol. The first kappa shape index (κ1) is 10.4. The summed E-state index contributed by atoms with van der Waals surface area (Å²) < 4.78 is 0. The number of piperidine rings is 1. The number of nitrogens with zero attached hydrogens (tertiary/aromatic N) is 1. The van der Waals surface area contributed by atoms with E-state index in [0.717, 1.165) is 38.9 Å². The SMILES string of the molecule is NC1(CCN2CCC(CO)CC2)CC1. The molecular weight excluding hydrogens is 176 g/mol. The molecule has 0 unspecified atom stereocenters. The molecule has 1 saturated heterocycles. The fourth-order valence-electron chi connectivity index (χ4n) is 2.18. The quantitative estimate of drug-likeness (QED) is 0.694. The lowest BCUT2D eigenvalue weighted by Crippen LogP contribution is -2.38. The van der Waals surface area contributed by atoms with Gasteiger partial charge in [-0.15, -0.1) is 0 Å². The van der Waals surface area contributed by atoms with Crippen molar-refractivity contribution in [3.05, 3.63) is 0 Å². The molecular formula is C11H22N2O. The zero-order valence-corrected chi connectivity index (χ0v) is 8.91. The molecule has 0 radical (unpaired) electrons.